The summed E-state index contributed by atoms with van der Waals surface area (Å²) in [6.45, 7) is 0. The molecular formula is C10H11N3O. The number of benzene rings is 1. The third kappa shape index (κ3) is 1.04. The van der Waals surface area contributed by atoms with Gasteiger partial charge in [0.1, 0.15) is 0 Å². The molecule has 1 aliphatic rings. The fourth-order valence-electron chi connectivity index (χ4n) is 1.53. The van der Waals surface area contributed by atoms with Gasteiger partial charge >= 0.3 is 0 Å². The molecule has 0 aromatic heterocycles. The number of rotatable bonds is 1. The van der Waals surface area contributed by atoms with Gasteiger partial charge in [0.25, 0.3) is 0 Å². The summed E-state index contributed by atoms with van der Waals surface area (Å²) >= 11 is 0. The third-order valence-electron chi connectivity index (χ3n) is 2.48. The molecular weight excluding hydrogens is 178 g/mol. The van der Waals surface area contributed by atoms with Crippen LogP contribution in [-0.4, -0.2) is 24.6 Å². The van der Waals surface area contributed by atoms with Crippen molar-refractivity contribution in [3.05, 3.63) is 35.4 Å². The Morgan fingerprint density at radius 3 is 2.93 bits per heavy atom. The zero-order chi connectivity index (χ0) is 10.2. The van der Waals surface area contributed by atoms with E-state index in [1.54, 1.807) is 13.3 Å². The van der Waals surface area contributed by atoms with Gasteiger partial charge in [-0.05, 0) is 0 Å². The lowest BCUT2D eigenvalue weighted by Crippen LogP contribution is -2.52. The normalized spacial score (nSPS) is 24.6. The van der Waals surface area contributed by atoms with Gasteiger partial charge in [0.05, 0.1) is 6.21 Å². The predicted molar refractivity (Wildman–Crippen MR) is 53.7 cm³/mol. The first-order valence-corrected chi connectivity index (χ1v) is 4.31. The molecule has 0 saturated carbocycles. The average Bonchev–Trinajstić information content (AvgIpc) is 2.24. The van der Waals surface area contributed by atoms with E-state index >= 15 is 0 Å². The van der Waals surface area contributed by atoms with Crippen molar-refractivity contribution in [3.8, 4) is 0 Å². The lowest BCUT2D eigenvalue weighted by Gasteiger charge is -2.35. The van der Waals surface area contributed by atoms with Crippen LogP contribution in [0.3, 0.4) is 0 Å². The van der Waals surface area contributed by atoms with Crippen molar-refractivity contribution in [1.82, 2.24) is 5.01 Å². The highest BCUT2D eigenvalue weighted by Crippen LogP contribution is 2.25. The monoisotopic (exact) mass is 189 g/mol. The number of nitrogens with zero attached hydrogens (tertiary/aromatic N) is 2. The summed E-state index contributed by atoms with van der Waals surface area (Å²) in [5.74, 6) is 0. The van der Waals surface area contributed by atoms with Crippen LogP contribution < -0.4 is 5.73 Å². The number of likely N-dealkylation sites (N-methyl/N-ethyl adjacent to an activating group) is 1. The van der Waals surface area contributed by atoms with E-state index in [1.807, 2.05) is 24.3 Å². The molecule has 1 aromatic rings. The number of fused-ring (bicyclic) bond motifs is 1. The number of aldehydes is 1. The minimum atomic E-state index is -1.13. The largest absolute Gasteiger partial charge is 0.299 e. The van der Waals surface area contributed by atoms with Gasteiger partial charge in [0.15, 0.2) is 11.9 Å². The number of carbonyl (C=O) groups is 1. The molecule has 4 heteroatoms. The van der Waals surface area contributed by atoms with E-state index in [9.17, 15) is 4.79 Å². The van der Waals surface area contributed by atoms with Crippen LogP contribution in [0, 0.1) is 0 Å². The van der Waals surface area contributed by atoms with E-state index in [2.05, 4.69) is 5.10 Å². The second-order valence-electron chi connectivity index (χ2n) is 3.30. The van der Waals surface area contributed by atoms with Crippen LogP contribution >= 0.6 is 0 Å². The average molecular weight is 189 g/mol. The van der Waals surface area contributed by atoms with Gasteiger partial charge in [-0.2, -0.15) is 5.10 Å². The second-order valence-corrected chi connectivity index (χ2v) is 3.30. The maximum absolute atomic E-state index is 11.0. The van der Waals surface area contributed by atoms with Crippen molar-refractivity contribution in [2.45, 2.75) is 5.66 Å². The molecule has 0 radical (unpaired) electrons. The zero-order valence-electron chi connectivity index (χ0n) is 7.84. The number of nitrogens with two attached hydrogens (primary N) is 1. The molecule has 0 amide bonds. The van der Waals surface area contributed by atoms with Crippen LogP contribution in [0.2, 0.25) is 0 Å². The fraction of sp³-hybridized carbons (Fsp3) is 0.200. The van der Waals surface area contributed by atoms with E-state index < -0.39 is 5.66 Å². The third-order valence-corrected chi connectivity index (χ3v) is 2.48. The Balaban J connectivity index is 2.65. The Morgan fingerprint density at radius 2 is 2.21 bits per heavy atom. The molecule has 72 valence electrons. The van der Waals surface area contributed by atoms with E-state index in [0.29, 0.717) is 6.29 Å². The number of hydrazone groups is 1. The summed E-state index contributed by atoms with van der Waals surface area (Å²) in [6.07, 6.45) is 2.41. The van der Waals surface area contributed by atoms with Crippen molar-refractivity contribution in [3.63, 3.8) is 0 Å². The lowest BCUT2D eigenvalue weighted by molar-refractivity contribution is -0.118. The summed E-state index contributed by atoms with van der Waals surface area (Å²) < 4.78 is 0. The maximum atomic E-state index is 11.0. The van der Waals surface area contributed by atoms with Crippen LogP contribution in [0.4, 0.5) is 0 Å². The van der Waals surface area contributed by atoms with Crippen molar-refractivity contribution in [2.75, 3.05) is 7.05 Å². The quantitative estimate of drug-likeness (QED) is 0.645. The van der Waals surface area contributed by atoms with Crippen LogP contribution in [0.1, 0.15) is 11.1 Å². The van der Waals surface area contributed by atoms with Gasteiger partial charge in [-0.1, -0.05) is 24.3 Å². The Hall–Kier alpha value is -1.68. The smallest absolute Gasteiger partial charge is 0.187 e. The molecule has 2 N–H and O–H groups in total. The van der Waals surface area contributed by atoms with Crippen LogP contribution in [0.15, 0.2) is 29.4 Å². The van der Waals surface area contributed by atoms with E-state index in [0.717, 1.165) is 11.1 Å². The topological polar surface area (TPSA) is 58.7 Å². The summed E-state index contributed by atoms with van der Waals surface area (Å²) in [5.41, 5.74) is 6.50. The molecule has 1 unspecified atom stereocenters. The molecule has 1 heterocycles. The van der Waals surface area contributed by atoms with E-state index in [1.165, 1.54) is 5.01 Å². The summed E-state index contributed by atoms with van der Waals surface area (Å²) in [7, 11) is 1.68. The van der Waals surface area contributed by atoms with Crippen LogP contribution in [0.25, 0.3) is 0 Å². The van der Waals surface area contributed by atoms with Crippen molar-refractivity contribution < 1.29 is 4.79 Å². The molecule has 14 heavy (non-hydrogen) atoms. The Morgan fingerprint density at radius 1 is 1.50 bits per heavy atom. The number of hydrogen-bond donors (Lipinski definition) is 1. The highest BCUT2D eigenvalue weighted by molar-refractivity contribution is 5.86. The molecule has 0 bridgehead atoms. The molecule has 4 nitrogen and oxygen atoms in total. The summed E-state index contributed by atoms with van der Waals surface area (Å²) in [6, 6.07) is 7.47. The van der Waals surface area contributed by atoms with Gasteiger partial charge < -0.3 is 0 Å². The molecule has 0 spiro atoms. The molecule has 0 saturated heterocycles. The standard InChI is InChI=1S/C10H11N3O/c1-13-10(11,7-14)9-5-3-2-4-8(9)6-12-13/h2-7H,11H2,1H3. The fourth-order valence-corrected chi connectivity index (χ4v) is 1.53. The molecule has 2 rings (SSSR count). The first kappa shape index (κ1) is 8.90. The van der Waals surface area contributed by atoms with Gasteiger partial charge in [-0.25, -0.2) is 0 Å². The molecule has 0 fully saturated rings. The first-order chi connectivity index (χ1) is 6.68. The van der Waals surface area contributed by atoms with Gasteiger partial charge in [-0.3, -0.25) is 15.5 Å². The van der Waals surface area contributed by atoms with Crippen molar-refractivity contribution >= 4 is 12.5 Å². The molecule has 1 atom stereocenters. The van der Waals surface area contributed by atoms with Gasteiger partial charge in [0, 0.05) is 18.2 Å². The minimum absolute atomic E-state index is 0.711. The van der Waals surface area contributed by atoms with Crippen LogP contribution in [0.5, 0.6) is 0 Å². The molecule has 1 aromatic carbocycles. The Kier molecular flexibility index (Phi) is 1.86. The zero-order valence-corrected chi connectivity index (χ0v) is 7.84. The maximum Gasteiger partial charge on any atom is 0.187 e. The van der Waals surface area contributed by atoms with Crippen molar-refractivity contribution in [2.24, 2.45) is 10.8 Å². The Labute approximate surface area is 82.0 Å². The SMILES string of the molecule is CN1N=Cc2ccccc2C1(N)C=O. The van der Waals surface area contributed by atoms with Crippen molar-refractivity contribution in [1.29, 1.82) is 0 Å². The van der Waals surface area contributed by atoms with Gasteiger partial charge in [-0.15, -0.1) is 0 Å². The summed E-state index contributed by atoms with van der Waals surface area (Å²) in [5, 5.41) is 5.51. The first-order valence-electron chi connectivity index (χ1n) is 4.31. The van der Waals surface area contributed by atoms with Gasteiger partial charge in [0.2, 0.25) is 0 Å². The summed E-state index contributed by atoms with van der Waals surface area (Å²) in [4.78, 5) is 11.0. The molecule has 0 aliphatic carbocycles. The molecule has 1 aliphatic heterocycles. The van der Waals surface area contributed by atoms with Crippen LogP contribution in [-0.2, 0) is 10.5 Å². The second kappa shape index (κ2) is 2.92. The highest BCUT2D eigenvalue weighted by atomic mass is 16.1. The minimum Gasteiger partial charge on any atom is -0.299 e. The highest BCUT2D eigenvalue weighted by Gasteiger charge is 2.35. The van der Waals surface area contributed by atoms with E-state index in [4.69, 9.17) is 5.73 Å². The lowest BCUT2D eigenvalue weighted by atomic mass is 9.95. The van der Waals surface area contributed by atoms with E-state index in [-0.39, 0.29) is 0 Å². The Bertz CT molecular complexity index is 402. The number of carbonyl (C=O) groups excluding carboxylic acids is 1. The predicted octanol–water partition coefficient (Wildman–Crippen LogP) is 0.276. The number of hydrogen-bond acceptors (Lipinski definition) is 4.